The van der Waals surface area contributed by atoms with Crippen LogP contribution in [0.2, 0.25) is 0 Å². The van der Waals surface area contributed by atoms with Gasteiger partial charge in [0.05, 0.1) is 11.0 Å². The lowest BCUT2D eigenvalue weighted by Crippen LogP contribution is -2.39. The summed E-state index contributed by atoms with van der Waals surface area (Å²) in [7, 11) is 0. The van der Waals surface area contributed by atoms with E-state index in [-0.39, 0.29) is 5.54 Å². The Hall–Kier alpha value is -1.35. The van der Waals surface area contributed by atoms with E-state index in [0.717, 1.165) is 37.1 Å². The number of fused-ring (bicyclic) bond motifs is 1. The van der Waals surface area contributed by atoms with Gasteiger partial charge in [-0.3, -0.25) is 0 Å². The molecule has 1 heterocycles. The Balaban J connectivity index is 2.00. The summed E-state index contributed by atoms with van der Waals surface area (Å²) < 4.78 is 2.31. The maximum atomic E-state index is 6.48. The summed E-state index contributed by atoms with van der Waals surface area (Å²) in [5.74, 6) is 1.16. The predicted octanol–water partition coefficient (Wildman–Crippen LogP) is 2.87. The minimum Gasteiger partial charge on any atom is -0.328 e. The van der Waals surface area contributed by atoms with E-state index in [0.29, 0.717) is 0 Å². The molecule has 1 aromatic carbocycles. The molecule has 96 valence electrons. The normalized spacial score (nSPS) is 18.6. The molecule has 2 N–H and O–H groups in total. The van der Waals surface area contributed by atoms with Gasteiger partial charge in [0.1, 0.15) is 5.82 Å². The van der Waals surface area contributed by atoms with Crippen LogP contribution >= 0.6 is 0 Å². The molecular weight excluding hydrogens is 222 g/mol. The van der Waals surface area contributed by atoms with Crippen molar-refractivity contribution < 1.29 is 0 Å². The van der Waals surface area contributed by atoms with Crippen LogP contribution in [0.4, 0.5) is 0 Å². The maximum absolute atomic E-state index is 6.48. The van der Waals surface area contributed by atoms with Gasteiger partial charge in [0, 0.05) is 18.5 Å². The topological polar surface area (TPSA) is 43.8 Å². The molecule has 1 aliphatic carbocycles. The van der Waals surface area contributed by atoms with Gasteiger partial charge in [0.15, 0.2) is 0 Å². The fraction of sp³-hybridized carbons (Fsp3) is 0.533. The van der Waals surface area contributed by atoms with E-state index in [9.17, 15) is 0 Å². The van der Waals surface area contributed by atoms with Crippen LogP contribution in [0.5, 0.6) is 0 Å². The Morgan fingerprint density at radius 2 is 2.00 bits per heavy atom. The van der Waals surface area contributed by atoms with Crippen LogP contribution in [-0.4, -0.2) is 15.1 Å². The Kier molecular flexibility index (Phi) is 2.86. The van der Waals surface area contributed by atoms with E-state index in [1.54, 1.807) is 0 Å². The number of para-hydroxylation sites is 2. The molecule has 1 fully saturated rings. The minimum atomic E-state index is -0.0195. The van der Waals surface area contributed by atoms with Crippen LogP contribution in [0.25, 0.3) is 11.0 Å². The summed E-state index contributed by atoms with van der Waals surface area (Å²) in [4.78, 5) is 4.78. The van der Waals surface area contributed by atoms with Crippen LogP contribution < -0.4 is 5.73 Å². The minimum absolute atomic E-state index is 0.0195. The molecule has 0 saturated heterocycles. The standard InChI is InChI=1S/C15H21N3/c1-2-18-13-8-4-3-7-12(13)17-14(18)11-15(16)9-5-6-10-15/h3-4,7-8H,2,5-6,9-11,16H2,1H3. The maximum Gasteiger partial charge on any atom is 0.111 e. The monoisotopic (exact) mass is 243 g/mol. The van der Waals surface area contributed by atoms with Crippen LogP contribution in [0, 0.1) is 0 Å². The number of nitrogens with zero attached hydrogens (tertiary/aromatic N) is 2. The van der Waals surface area contributed by atoms with E-state index >= 15 is 0 Å². The predicted molar refractivity (Wildman–Crippen MR) is 74.5 cm³/mol. The second-order valence-corrected chi connectivity index (χ2v) is 5.51. The molecule has 0 atom stereocenters. The Labute approximate surface area is 108 Å². The van der Waals surface area contributed by atoms with Gasteiger partial charge in [-0.15, -0.1) is 0 Å². The fourth-order valence-corrected chi connectivity index (χ4v) is 3.18. The van der Waals surface area contributed by atoms with E-state index in [2.05, 4.69) is 29.7 Å². The van der Waals surface area contributed by atoms with Crippen molar-refractivity contribution in [3.05, 3.63) is 30.1 Å². The van der Waals surface area contributed by atoms with Gasteiger partial charge in [0.25, 0.3) is 0 Å². The molecule has 0 radical (unpaired) electrons. The molecule has 0 bridgehead atoms. The number of hydrogen-bond donors (Lipinski definition) is 1. The molecule has 0 aliphatic heterocycles. The summed E-state index contributed by atoms with van der Waals surface area (Å²) in [6.07, 6.45) is 5.72. The number of nitrogens with two attached hydrogens (primary N) is 1. The van der Waals surface area contributed by atoms with E-state index in [4.69, 9.17) is 10.7 Å². The van der Waals surface area contributed by atoms with E-state index < -0.39 is 0 Å². The van der Waals surface area contributed by atoms with Crippen LogP contribution in [-0.2, 0) is 13.0 Å². The highest BCUT2D eigenvalue weighted by molar-refractivity contribution is 5.75. The Morgan fingerprint density at radius 1 is 1.28 bits per heavy atom. The lowest BCUT2D eigenvalue weighted by atomic mass is 9.94. The first-order valence-corrected chi connectivity index (χ1v) is 6.95. The molecule has 3 rings (SSSR count). The summed E-state index contributed by atoms with van der Waals surface area (Å²) in [5, 5.41) is 0. The van der Waals surface area contributed by atoms with Crippen molar-refractivity contribution in [1.29, 1.82) is 0 Å². The summed E-state index contributed by atoms with van der Waals surface area (Å²) >= 11 is 0. The zero-order valence-electron chi connectivity index (χ0n) is 11.0. The molecule has 0 spiro atoms. The van der Waals surface area contributed by atoms with Crippen molar-refractivity contribution in [1.82, 2.24) is 9.55 Å². The van der Waals surface area contributed by atoms with E-state index in [1.807, 2.05) is 6.07 Å². The number of benzene rings is 1. The lowest BCUT2D eigenvalue weighted by Gasteiger charge is -2.23. The smallest absolute Gasteiger partial charge is 0.111 e. The number of aromatic nitrogens is 2. The SMILES string of the molecule is CCn1c(CC2(N)CCCC2)nc2ccccc21. The van der Waals surface area contributed by atoms with Gasteiger partial charge in [-0.1, -0.05) is 25.0 Å². The van der Waals surface area contributed by atoms with Crippen molar-refractivity contribution in [2.45, 2.75) is 51.1 Å². The average molecular weight is 243 g/mol. The van der Waals surface area contributed by atoms with Gasteiger partial charge in [-0.2, -0.15) is 0 Å². The second kappa shape index (κ2) is 4.39. The first kappa shape index (κ1) is 11.7. The zero-order valence-corrected chi connectivity index (χ0v) is 11.0. The Bertz CT molecular complexity index is 550. The van der Waals surface area contributed by atoms with Gasteiger partial charge in [0.2, 0.25) is 0 Å². The number of rotatable bonds is 3. The van der Waals surface area contributed by atoms with Crippen molar-refractivity contribution >= 4 is 11.0 Å². The number of aryl methyl sites for hydroxylation is 1. The van der Waals surface area contributed by atoms with Crippen LogP contribution in [0.1, 0.15) is 38.4 Å². The zero-order chi connectivity index (χ0) is 12.6. The molecule has 3 nitrogen and oxygen atoms in total. The van der Waals surface area contributed by atoms with Crippen molar-refractivity contribution in [3.63, 3.8) is 0 Å². The molecule has 1 saturated carbocycles. The van der Waals surface area contributed by atoms with Gasteiger partial charge < -0.3 is 10.3 Å². The molecule has 0 amide bonds. The second-order valence-electron chi connectivity index (χ2n) is 5.51. The van der Waals surface area contributed by atoms with Crippen LogP contribution in [0.3, 0.4) is 0 Å². The first-order chi connectivity index (χ1) is 8.72. The summed E-state index contributed by atoms with van der Waals surface area (Å²) in [5.41, 5.74) is 8.79. The Morgan fingerprint density at radius 3 is 2.72 bits per heavy atom. The van der Waals surface area contributed by atoms with Crippen molar-refractivity contribution in [2.75, 3.05) is 0 Å². The summed E-state index contributed by atoms with van der Waals surface area (Å²) in [6, 6.07) is 8.36. The molecule has 3 heteroatoms. The molecule has 0 unspecified atom stereocenters. The largest absolute Gasteiger partial charge is 0.328 e. The van der Waals surface area contributed by atoms with Crippen LogP contribution in [0.15, 0.2) is 24.3 Å². The highest BCUT2D eigenvalue weighted by Gasteiger charge is 2.31. The third kappa shape index (κ3) is 1.93. The first-order valence-electron chi connectivity index (χ1n) is 6.95. The van der Waals surface area contributed by atoms with Crippen molar-refractivity contribution in [2.24, 2.45) is 5.73 Å². The highest BCUT2D eigenvalue weighted by atomic mass is 15.1. The van der Waals surface area contributed by atoms with E-state index in [1.165, 1.54) is 18.4 Å². The van der Waals surface area contributed by atoms with Gasteiger partial charge >= 0.3 is 0 Å². The van der Waals surface area contributed by atoms with Gasteiger partial charge in [-0.05, 0) is 31.9 Å². The molecular formula is C15H21N3. The number of imidazole rings is 1. The molecule has 2 aromatic rings. The lowest BCUT2D eigenvalue weighted by molar-refractivity contribution is 0.419. The highest BCUT2D eigenvalue weighted by Crippen LogP contribution is 2.31. The molecule has 1 aromatic heterocycles. The molecule has 18 heavy (non-hydrogen) atoms. The van der Waals surface area contributed by atoms with Gasteiger partial charge in [-0.25, -0.2) is 4.98 Å². The summed E-state index contributed by atoms with van der Waals surface area (Å²) in [6.45, 7) is 3.14. The third-order valence-corrected chi connectivity index (χ3v) is 4.16. The fourth-order valence-electron chi connectivity index (χ4n) is 3.18. The quantitative estimate of drug-likeness (QED) is 0.900. The number of hydrogen-bond acceptors (Lipinski definition) is 2. The average Bonchev–Trinajstić information content (AvgIpc) is 2.92. The third-order valence-electron chi connectivity index (χ3n) is 4.16. The van der Waals surface area contributed by atoms with Crippen molar-refractivity contribution in [3.8, 4) is 0 Å². The molecule has 1 aliphatic rings.